The lowest BCUT2D eigenvalue weighted by atomic mass is 9.74. The summed E-state index contributed by atoms with van der Waals surface area (Å²) in [4.78, 5) is 0. The summed E-state index contributed by atoms with van der Waals surface area (Å²) in [6.07, 6.45) is -0.776. The molecule has 114 valence electrons. The van der Waals surface area contributed by atoms with Crippen molar-refractivity contribution in [2.45, 2.75) is 44.3 Å². The first-order chi connectivity index (χ1) is 8.65. The van der Waals surface area contributed by atoms with Gasteiger partial charge in [0.05, 0.1) is 11.7 Å². The number of nitrogens with one attached hydrogen (secondary N) is 1. The third kappa shape index (κ3) is 5.30. The molecule has 0 aliphatic heterocycles. The maximum Gasteiger partial charge on any atom is 0.392 e. The standard InChI is InChI=1S/C12H22F3NO2S/c1-16-11(7-8-19(2,17)18)9-5-3-4-6-10(9)12(13,14)15/h9-11,16H,3-8H2,1-2H3. The highest BCUT2D eigenvalue weighted by Crippen LogP contribution is 2.43. The van der Waals surface area contributed by atoms with E-state index in [1.807, 2.05) is 0 Å². The Hall–Kier alpha value is -0.300. The van der Waals surface area contributed by atoms with Gasteiger partial charge in [0, 0.05) is 12.3 Å². The van der Waals surface area contributed by atoms with Crippen LogP contribution in [0.2, 0.25) is 0 Å². The van der Waals surface area contributed by atoms with E-state index in [2.05, 4.69) is 5.32 Å². The van der Waals surface area contributed by atoms with Gasteiger partial charge in [0.2, 0.25) is 0 Å². The fourth-order valence-electron chi connectivity index (χ4n) is 2.96. The van der Waals surface area contributed by atoms with Crippen molar-refractivity contribution in [1.29, 1.82) is 0 Å². The molecule has 0 aromatic rings. The molecular formula is C12H22F3NO2S. The van der Waals surface area contributed by atoms with Gasteiger partial charge in [-0.15, -0.1) is 0 Å². The number of rotatable bonds is 5. The van der Waals surface area contributed by atoms with Gasteiger partial charge in [0.25, 0.3) is 0 Å². The Kier molecular flexibility index (Phi) is 5.67. The molecule has 0 bridgehead atoms. The van der Waals surface area contributed by atoms with E-state index in [-0.39, 0.29) is 24.6 Å². The average Bonchev–Trinajstić information content (AvgIpc) is 2.27. The topological polar surface area (TPSA) is 46.2 Å². The normalized spacial score (nSPS) is 27.2. The van der Waals surface area contributed by atoms with Gasteiger partial charge >= 0.3 is 6.18 Å². The largest absolute Gasteiger partial charge is 0.392 e. The summed E-state index contributed by atoms with van der Waals surface area (Å²) in [6.45, 7) is 0. The molecule has 0 heterocycles. The summed E-state index contributed by atoms with van der Waals surface area (Å²) in [5, 5.41) is 2.88. The van der Waals surface area contributed by atoms with E-state index >= 15 is 0 Å². The second-order valence-electron chi connectivity index (χ2n) is 5.41. The van der Waals surface area contributed by atoms with Crippen molar-refractivity contribution >= 4 is 9.84 Å². The molecule has 1 fully saturated rings. The second kappa shape index (κ2) is 6.43. The predicted octanol–water partition coefficient (Wildman–Crippen LogP) is 2.38. The molecule has 19 heavy (non-hydrogen) atoms. The first-order valence-corrected chi connectivity index (χ1v) is 8.63. The molecule has 3 unspecified atom stereocenters. The molecule has 0 aromatic carbocycles. The van der Waals surface area contributed by atoms with Crippen LogP contribution in [0.4, 0.5) is 13.2 Å². The van der Waals surface area contributed by atoms with Crippen LogP contribution in [-0.2, 0) is 9.84 Å². The predicted molar refractivity (Wildman–Crippen MR) is 68.7 cm³/mol. The number of alkyl halides is 3. The second-order valence-corrected chi connectivity index (χ2v) is 7.67. The van der Waals surface area contributed by atoms with Crippen LogP contribution in [-0.4, -0.2) is 39.7 Å². The molecule has 0 aromatic heterocycles. The fraction of sp³-hybridized carbons (Fsp3) is 1.00. The van der Waals surface area contributed by atoms with Gasteiger partial charge in [-0.25, -0.2) is 8.42 Å². The van der Waals surface area contributed by atoms with Gasteiger partial charge in [-0.3, -0.25) is 0 Å². The highest BCUT2D eigenvalue weighted by Gasteiger charge is 2.47. The van der Waals surface area contributed by atoms with E-state index in [1.165, 1.54) is 0 Å². The minimum atomic E-state index is -4.19. The molecule has 1 rings (SSSR count). The van der Waals surface area contributed by atoms with Crippen LogP contribution in [0.1, 0.15) is 32.1 Å². The number of sulfone groups is 1. The van der Waals surface area contributed by atoms with Crippen LogP contribution < -0.4 is 5.32 Å². The third-order valence-electron chi connectivity index (χ3n) is 3.93. The smallest absolute Gasteiger partial charge is 0.317 e. The molecular weight excluding hydrogens is 279 g/mol. The lowest BCUT2D eigenvalue weighted by molar-refractivity contribution is -0.199. The molecule has 1 aliphatic rings. The molecule has 7 heteroatoms. The molecule has 0 amide bonds. The van der Waals surface area contributed by atoms with Gasteiger partial charge in [-0.1, -0.05) is 12.8 Å². The van der Waals surface area contributed by atoms with E-state index in [9.17, 15) is 21.6 Å². The Morgan fingerprint density at radius 3 is 2.32 bits per heavy atom. The van der Waals surface area contributed by atoms with Crippen molar-refractivity contribution in [3.05, 3.63) is 0 Å². The van der Waals surface area contributed by atoms with Gasteiger partial charge < -0.3 is 5.32 Å². The third-order valence-corrected chi connectivity index (χ3v) is 4.90. The van der Waals surface area contributed by atoms with Crippen LogP contribution in [0.5, 0.6) is 0 Å². The summed E-state index contributed by atoms with van der Waals surface area (Å²) < 4.78 is 61.4. The van der Waals surface area contributed by atoms with Crippen molar-refractivity contribution in [3.8, 4) is 0 Å². The average molecular weight is 301 g/mol. The van der Waals surface area contributed by atoms with Gasteiger partial charge in [0.15, 0.2) is 0 Å². The highest BCUT2D eigenvalue weighted by molar-refractivity contribution is 7.90. The number of hydrogen-bond donors (Lipinski definition) is 1. The number of halogens is 3. The van der Waals surface area contributed by atoms with Crippen molar-refractivity contribution in [1.82, 2.24) is 5.32 Å². The summed E-state index contributed by atoms with van der Waals surface area (Å²) in [7, 11) is -1.54. The molecule has 1 aliphatic carbocycles. The Morgan fingerprint density at radius 1 is 1.26 bits per heavy atom. The zero-order valence-corrected chi connectivity index (χ0v) is 12.1. The van der Waals surface area contributed by atoms with Gasteiger partial charge in [-0.05, 0) is 32.2 Å². The quantitative estimate of drug-likeness (QED) is 0.848. The summed E-state index contributed by atoms with van der Waals surface area (Å²) in [5.74, 6) is -1.89. The van der Waals surface area contributed by atoms with E-state index < -0.39 is 27.8 Å². The van der Waals surface area contributed by atoms with E-state index in [4.69, 9.17) is 0 Å². The molecule has 3 atom stereocenters. The highest BCUT2D eigenvalue weighted by atomic mass is 32.2. The zero-order chi connectivity index (χ0) is 14.7. The summed E-state index contributed by atoms with van der Waals surface area (Å²) in [6, 6.07) is -0.387. The molecule has 0 saturated heterocycles. The van der Waals surface area contributed by atoms with Crippen molar-refractivity contribution in [3.63, 3.8) is 0 Å². The van der Waals surface area contributed by atoms with Crippen LogP contribution in [0.3, 0.4) is 0 Å². The van der Waals surface area contributed by atoms with Crippen molar-refractivity contribution in [2.75, 3.05) is 19.1 Å². The fourth-order valence-corrected chi connectivity index (χ4v) is 3.64. The van der Waals surface area contributed by atoms with Crippen LogP contribution >= 0.6 is 0 Å². The first-order valence-electron chi connectivity index (χ1n) is 6.57. The van der Waals surface area contributed by atoms with E-state index in [0.717, 1.165) is 12.7 Å². The molecule has 0 spiro atoms. The van der Waals surface area contributed by atoms with Crippen LogP contribution in [0.15, 0.2) is 0 Å². The summed E-state index contributed by atoms with van der Waals surface area (Å²) in [5.41, 5.74) is 0. The Bertz CT molecular complexity index is 381. The Labute approximate surface area is 112 Å². The maximum atomic E-state index is 13.0. The first kappa shape index (κ1) is 16.8. The minimum absolute atomic E-state index is 0.0699. The van der Waals surface area contributed by atoms with Gasteiger partial charge in [0.1, 0.15) is 9.84 Å². The molecule has 1 saturated carbocycles. The lowest BCUT2D eigenvalue weighted by Gasteiger charge is -2.38. The molecule has 0 radical (unpaired) electrons. The minimum Gasteiger partial charge on any atom is -0.317 e. The maximum absolute atomic E-state index is 13.0. The number of hydrogen-bond acceptors (Lipinski definition) is 3. The van der Waals surface area contributed by atoms with E-state index in [1.54, 1.807) is 7.05 Å². The lowest BCUT2D eigenvalue weighted by Crippen LogP contribution is -2.45. The SMILES string of the molecule is CNC(CCS(C)(=O)=O)C1CCCCC1C(F)(F)F. The Balaban J connectivity index is 2.76. The monoisotopic (exact) mass is 301 g/mol. The van der Waals surface area contributed by atoms with Crippen molar-refractivity contribution < 1.29 is 21.6 Å². The van der Waals surface area contributed by atoms with Crippen LogP contribution in [0, 0.1) is 11.8 Å². The molecule has 1 N–H and O–H groups in total. The van der Waals surface area contributed by atoms with Gasteiger partial charge in [-0.2, -0.15) is 13.2 Å². The van der Waals surface area contributed by atoms with Crippen LogP contribution in [0.25, 0.3) is 0 Å². The molecule has 3 nitrogen and oxygen atoms in total. The summed E-state index contributed by atoms with van der Waals surface area (Å²) >= 11 is 0. The zero-order valence-electron chi connectivity index (χ0n) is 11.3. The van der Waals surface area contributed by atoms with E-state index in [0.29, 0.717) is 12.8 Å². The Morgan fingerprint density at radius 2 is 1.84 bits per heavy atom. The van der Waals surface area contributed by atoms with Crippen molar-refractivity contribution in [2.24, 2.45) is 11.8 Å².